The van der Waals surface area contributed by atoms with Gasteiger partial charge >= 0.3 is 0 Å². The molecule has 2 aromatic heterocycles. The van der Waals surface area contributed by atoms with Gasteiger partial charge in [0.15, 0.2) is 10.8 Å². The second-order valence-corrected chi connectivity index (χ2v) is 5.23. The Balaban J connectivity index is 2.03. The van der Waals surface area contributed by atoms with Crippen LogP contribution in [0.5, 0.6) is 5.88 Å². The third kappa shape index (κ3) is 2.63. The van der Waals surface area contributed by atoms with Gasteiger partial charge in [0.1, 0.15) is 0 Å². The molecule has 0 aliphatic heterocycles. The van der Waals surface area contributed by atoms with Crippen molar-refractivity contribution in [2.75, 3.05) is 7.11 Å². The fourth-order valence-electron chi connectivity index (χ4n) is 1.87. The molecule has 3 aromatic rings. The Bertz CT molecular complexity index is 803. The van der Waals surface area contributed by atoms with Crippen molar-refractivity contribution < 1.29 is 9.66 Å². The molecular weight excluding hydrogens is 304 g/mol. The lowest BCUT2D eigenvalue weighted by Gasteiger charge is -2.00. The molecule has 0 N–H and O–H groups in total. The third-order valence-corrected chi connectivity index (χ3v) is 3.97. The highest BCUT2D eigenvalue weighted by atomic mass is 32.1. The molecule has 110 valence electrons. The summed E-state index contributed by atoms with van der Waals surface area (Å²) in [5.41, 5.74) is 0.834. The molecule has 0 amide bonds. The zero-order valence-corrected chi connectivity index (χ0v) is 12.3. The summed E-state index contributed by atoms with van der Waals surface area (Å²) in [5, 5.41) is 11.3. The lowest BCUT2D eigenvalue weighted by molar-refractivity contribution is -0.384. The number of nitro benzene ring substituents is 1. The van der Waals surface area contributed by atoms with Gasteiger partial charge in [-0.3, -0.25) is 10.1 Å². The predicted octanol–water partition coefficient (Wildman–Crippen LogP) is 3.18. The first-order valence-corrected chi connectivity index (χ1v) is 7.07. The van der Waals surface area contributed by atoms with E-state index >= 15 is 0 Å². The van der Waals surface area contributed by atoms with E-state index < -0.39 is 4.92 Å². The van der Waals surface area contributed by atoms with Crippen molar-refractivity contribution in [1.82, 2.24) is 15.0 Å². The Hall–Kier alpha value is -2.87. The maximum Gasteiger partial charge on any atom is 0.269 e. The van der Waals surface area contributed by atoms with E-state index in [1.807, 2.05) is 0 Å². The number of aromatic nitrogens is 3. The number of nitrogens with zero attached hydrogens (tertiary/aromatic N) is 4. The van der Waals surface area contributed by atoms with Gasteiger partial charge in [0.2, 0.25) is 5.88 Å². The minimum absolute atomic E-state index is 0.0406. The summed E-state index contributed by atoms with van der Waals surface area (Å²) in [5.74, 6) is 0.959. The van der Waals surface area contributed by atoms with Crippen molar-refractivity contribution in [2.24, 2.45) is 0 Å². The normalized spacial score (nSPS) is 10.4. The molecule has 1 aromatic carbocycles. The molecule has 0 saturated carbocycles. The second kappa shape index (κ2) is 5.86. The summed E-state index contributed by atoms with van der Waals surface area (Å²) in [6.45, 7) is 0. The molecule has 2 heterocycles. The Morgan fingerprint density at radius 2 is 1.86 bits per heavy atom. The fraction of sp³-hybridized carbons (Fsp3) is 0.0714. The van der Waals surface area contributed by atoms with Crippen molar-refractivity contribution in [3.8, 4) is 27.2 Å². The SMILES string of the molecule is COc1nc(-c2ncccn2)sc1-c1ccc([N+](=O)[O-])cc1. The van der Waals surface area contributed by atoms with E-state index in [4.69, 9.17) is 4.74 Å². The van der Waals surface area contributed by atoms with E-state index in [-0.39, 0.29) is 5.69 Å². The Kier molecular flexibility index (Phi) is 3.75. The number of benzene rings is 1. The zero-order chi connectivity index (χ0) is 15.5. The highest BCUT2D eigenvalue weighted by Crippen LogP contribution is 2.39. The highest BCUT2D eigenvalue weighted by Gasteiger charge is 2.17. The van der Waals surface area contributed by atoms with Crippen LogP contribution in [0.2, 0.25) is 0 Å². The molecule has 0 radical (unpaired) electrons. The Morgan fingerprint density at radius 3 is 2.45 bits per heavy atom. The molecule has 0 aliphatic carbocycles. The van der Waals surface area contributed by atoms with Gasteiger partial charge in [-0.1, -0.05) is 0 Å². The lowest BCUT2D eigenvalue weighted by Crippen LogP contribution is -1.88. The topological polar surface area (TPSA) is 91.0 Å². The van der Waals surface area contributed by atoms with Crippen LogP contribution in [0, 0.1) is 10.1 Å². The average Bonchev–Trinajstić information content (AvgIpc) is 3.00. The highest BCUT2D eigenvalue weighted by molar-refractivity contribution is 7.18. The van der Waals surface area contributed by atoms with E-state index in [1.165, 1.54) is 30.6 Å². The monoisotopic (exact) mass is 314 g/mol. The molecule has 0 unspecified atom stereocenters. The summed E-state index contributed by atoms with van der Waals surface area (Å²) in [6.07, 6.45) is 3.28. The standard InChI is InChI=1S/C14H10N4O3S/c1-21-13-11(9-3-5-10(6-4-9)18(19)20)22-14(17-13)12-15-7-2-8-16-12/h2-8H,1H3. The van der Waals surface area contributed by atoms with E-state index in [0.29, 0.717) is 16.7 Å². The van der Waals surface area contributed by atoms with Gasteiger partial charge in [0.05, 0.1) is 16.9 Å². The molecular formula is C14H10N4O3S. The molecule has 0 bridgehead atoms. The summed E-state index contributed by atoms with van der Waals surface area (Å²) >= 11 is 1.37. The van der Waals surface area contributed by atoms with Gasteiger partial charge in [-0.05, 0) is 23.8 Å². The second-order valence-electron chi connectivity index (χ2n) is 4.23. The first-order chi connectivity index (χ1) is 10.7. The van der Waals surface area contributed by atoms with Gasteiger partial charge in [-0.2, -0.15) is 4.98 Å². The number of methoxy groups -OCH3 is 1. The van der Waals surface area contributed by atoms with Crippen LogP contribution in [-0.2, 0) is 0 Å². The summed E-state index contributed by atoms with van der Waals surface area (Å²) < 4.78 is 5.29. The van der Waals surface area contributed by atoms with Crippen LogP contribution in [0.15, 0.2) is 42.7 Å². The van der Waals surface area contributed by atoms with Crippen molar-refractivity contribution in [3.05, 3.63) is 52.8 Å². The summed E-state index contributed by atoms with van der Waals surface area (Å²) in [7, 11) is 1.53. The fourth-order valence-corrected chi connectivity index (χ4v) is 2.86. The van der Waals surface area contributed by atoms with Gasteiger partial charge in [-0.15, -0.1) is 11.3 Å². The Labute approximate surface area is 129 Å². The average molecular weight is 314 g/mol. The van der Waals surface area contributed by atoms with Crippen LogP contribution in [0.4, 0.5) is 5.69 Å². The molecule has 0 saturated heterocycles. The third-order valence-electron chi connectivity index (χ3n) is 2.89. The van der Waals surface area contributed by atoms with Crippen LogP contribution in [0.1, 0.15) is 0 Å². The van der Waals surface area contributed by atoms with Gasteiger partial charge in [0.25, 0.3) is 5.69 Å². The van der Waals surface area contributed by atoms with Gasteiger partial charge in [0, 0.05) is 24.5 Å². The van der Waals surface area contributed by atoms with Crippen molar-refractivity contribution >= 4 is 17.0 Å². The number of ether oxygens (including phenoxy) is 1. The summed E-state index contributed by atoms with van der Waals surface area (Å²) in [6, 6.07) is 7.97. The number of rotatable bonds is 4. The smallest absolute Gasteiger partial charge is 0.269 e. The molecule has 0 fully saturated rings. The molecule has 8 heteroatoms. The van der Waals surface area contributed by atoms with Crippen molar-refractivity contribution in [3.63, 3.8) is 0 Å². The minimum Gasteiger partial charge on any atom is -0.480 e. The molecule has 0 atom stereocenters. The number of hydrogen-bond donors (Lipinski definition) is 0. The number of non-ortho nitro benzene ring substituents is 1. The predicted molar refractivity (Wildman–Crippen MR) is 81.8 cm³/mol. The summed E-state index contributed by atoms with van der Waals surface area (Å²) in [4.78, 5) is 23.8. The minimum atomic E-state index is -0.434. The largest absolute Gasteiger partial charge is 0.480 e. The van der Waals surface area contributed by atoms with Crippen molar-refractivity contribution in [2.45, 2.75) is 0 Å². The molecule has 3 rings (SSSR count). The number of hydrogen-bond acceptors (Lipinski definition) is 7. The van der Waals surface area contributed by atoms with Crippen LogP contribution in [0.3, 0.4) is 0 Å². The molecule has 0 spiro atoms. The van der Waals surface area contributed by atoms with E-state index in [2.05, 4.69) is 15.0 Å². The van der Waals surface area contributed by atoms with E-state index in [0.717, 1.165) is 10.4 Å². The number of thiazole rings is 1. The maximum absolute atomic E-state index is 10.7. The van der Waals surface area contributed by atoms with E-state index in [9.17, 15) is 10.1 Å². The van der Waals surface area contributed by atoms with Gasteiger partial charge < -0.3 is 4.74 Å². The zero-order valence-electron chi connectivity index (χ0n) is 11.5. The van der Waals surface area contributed by atoms with Gasteiger partial charge in [-0.25, -0.2) is 9.97 Å². The number of nitro groups is 1. The molecule has 22 heavy (non-hydrogen) atoms. The van der Waals surface area contributed by atoms with Crippen LogP contribution >= 0.6 is 11.3 Å². The van der Waals surface area contributed by atoms with Crippen LogP contribution in [-0.4, -0.2) is 27.0 Å². The lowest BCUT2D eigenvalue weighted by atomic mass is 10.2. The van der Waals surface area contributed by atoms with E-state index in [1.54, 1.807) is 30.6 Å². The maximum atomic E-state index is 10.7. The first kappa shape index (κ1) is 14.1. The van der Waals surface area contributed by atoms with Crippen LogP contribution in [0.25, 0.3) is 21.3 Å². The molecule has 0 aliphatic rings. The first-order valence-electron chi connectivity index (χ1n) is 6.26. The molecule has 7 nitrogen and oxygen atoms in total. The van der Waals surface area contributed by atoms with Crippen LogP contribution < -0.4 is 4.74 Å². The van der Waals surface area contributed by atoms with Crippen molar-refractivity contribution in [1.29, 1.82) is 0 Å². The Morgan fingerprint density at radius 1 is 1.18 bits per heavy atom. The quantitative estimate of drug-likeness (QED) is 0.542.